The molecule has 0 unspecified atom stereocenters. The van der Waals surface area contributed by atoms with Crippen LogP contribution in [0.25, 0.3) is 10.6 Å². The number of aliphatic hydroxyl groups excluding tert-OH is 1. The third-order valence-electron chi connectivity index (χ3n) is 4.43. The number of carbonyl (C=O) groups is 1. The maximum Gasteiger partial charge on any atom is 0.228 e. The van der Waals surface area contributed by atoms with E-state index >= 15 is 0 Å². The summed E-state index contributed by atoms with van der Waals surface area (Å²) in [4.78, 5) is 20.6. The molecule has 26 heavy (non-hydrogen) atoms. The summed E-state index contributed by atoms with van der Waals surface area (Å²) in [5, 5.41) is 11.8. The maximum absolute atomic E-state index is 12.1. The van der Waals surface area contributed by atoms with Gasteiger partial charge in [0.05, 0.1) is 31.9 Å². The number of hydrogen-bond acceptors (Lipinski definition) is 6. The van der Waals surface area contributed by atoms with E-state index in [4.69, 9.17) is 9.84 Å². The van der Waals surface area contributed by atoms with Crippen molar-refractivity contribution in [2.75, 3.05) is 46.5 Å². The van der Waals surface area contributed by atoms with Crippen LogP contribution in [0.3, 0.4) is 0 Å². The van der Waals surface area contributed by atoms with Crippen LogP contribution >= 0.6 is 11.3 Å². The highest BCUT2D eigenvalue weighted by atomic mass is 32.1. The Morgan fingerprint density at radius 1 is 1.38 bits per heavy atom. The summed E-state index contributed by atoms with van der Waals surface area (Å²) < 4.78 is 5.40. The first kappa shape index (κ1) is 19.0. The number of aliphatic hydroxyl groups is 1. The first-order valence-electron chi connectivity index (χ1n) is 8.84. The third-order valence-corrected chi connectivity index (χ3v) is 5.37. The van der Waals surface area contributed by atoms with E-state index in [9.17, 15) is 4.79 Å². The van der Waals surface area contributed by atoms with Crippen LogP contribution in [0.1, 0.15) is 11.3 Å². The quantitative estimate of drug-likeness (QED) is 0.797. The molecule has 3 rings (SSSR count). The second-order valence-corrected chi connectivity index (χ2v) is 7.31. The molecule has 1 aromatic carbocycles. The number of ether oxygens (including phenoxy) is 1. The van der Waals surface area contributed by atoms with Gasteiger partial charge in [0.15, 0.2) is 0 Å². The number of carbonyl (C=O) groups excluding carboxylic acids is 1. The summed E-state index contributed by atoms with van der Waals surface area (Å²) in [6, 6.07) is 8.44. The number of likely N-dealkylation sites (N-methyl/N-ethyl adjacent to an activating group) is 1. The smallest absolute Gasteiger partial charge is 0.228 e. The fraction of sp³-hybridized carbons (Fsp3) is 0.474. The van der Waals surface area contributed by atoms with Crippen molar-refractivity contribution < 1.29 is 14.6 Å². The van der Waals surface area contributed by atoms with Crippen molar-refractivity contribution in [2.45, 2.75) is 13.0 Å². The number of aromatic nitrogens is 1. The molecular formula is C19H25N3O3S. The highest BCUT2D eigenvalue weighted by Crippen LogP contribution is 2.25. The number of thiazole rings is 1. The zero-order valence-electron chi connectivity index (χ0n) is 15.1. The number of hydrogen-bond donors (Lipinski definition) is 1. The molecule has 0 saturated carbocycles. The molecule has 1 aromatic heterocycles. The maximum atomic E-state index is 12.1. The topological polar surface area (TPSA) is 65.9 Å². The van der Waals surface area contributed by atoms with Gasteiger partial charge in [0.1, 0.15) is 5.01 Å². The van der Waals surface area contributed by atoms with Gasteiger partial charge in [-0.2, -0.15) is 0 Å². The van der Waals surface area contributed by atoms with Crippen LogP contribution in [-0.4, -0.2) is 72.3 Å². The average molecular weight is 375 g/mol. The van der Waals surface area contributed by atoms with Crippen molar-refractivity contribution in [3.63, 3.8) is 0 Å². The van der Waals surface area contributed by atoms with Gasteiger partial charge in [0.25, 0.3) is 0 Å². The lowest BCUT2D eigenvalue weighted by molar-refractivity contribution is -0.129. The minimum atomic E-state index is -0.0306. The molecule has 0 radical (unpaired) electrons. The summed E-state index contributed by atoms with van der Waals surface area (Å²) in [5.74, 6) is -0.0306. The summed E-state index contributed by atoms with van der Waals surface area (Å²) in [7, 11) is 1.70. The molecule has 1 aliphatic rings. The van der Waals surface area contributed by atoms with Crippen molar-refractivity contribution in [1.29, 1.82) is 0 Å². The van der Waals surface area contributed by atoms with Crippen LogP contribution < -0.4 is 0 Å². The van der Waals surface area contributed by atoms with E-state index in [2.05, 4.69) is 34.1 Å². The Bertz CT molecular complexity index is 728. The fourth-order valence-electron chi connectivity index (χ4n) is 2.91. The lowest BCUT2D eigenvalue weighted by Gasteiger charge is -2.26. The summed E-state index contributed by atoms with van der Waals surface area (Å²) >= 11 is 1.56. The van der Waals surface area contributed by atoms with Crippen molar-refractivity contribution in [1.82, 2.24) is 14.8 Å². The van der Waals surface area contributed by atoms with Crippen molar-refractivity contribution in [3.05, 3.63) is 40.9 Å². The highest BCUT2D eigenvalue weighted by molar-refractivity contribution is 7.13. The minimum Gasteiger partial charge on any atom is -0.395 e. The molecular weight excluding hydrogens is 350 g/mol. The normalized spacial score (nSPS) is 15.2. The van der Waals surface area contributed by atoms with Gasteiger partial charge in [-0.25, -0.2) is 4.98 Å². The van der Waals surface area contributed by atoms with Gasteiger partial charge in [0, 0.05) is 44.2 Å². The first-order valence-corrected chi connectivity index (χ1v) is 9.72. The average Bonchev–Trinajstić information content (AvgIpc) is 3.11. The fourth-order valence-corrected chi connectivity index (χ4v) is 3.72. The van der Waals surface area contributed by atoms with E-state index < -0.39 is 0 Å². The molecule has 1 amide bonds. The molecule has 0 atom stereocenters. The van der Waals surface area contributed by atoms with Crippen LogP contribution in [-0.2, 0) is 22.5 Å². The molecule has 140 valence electrons. The molecule has 1 fully saturated rings. The van der Waals surface area contributed by atoms with E-state index in [-0.39, 0.29) is 18.9 Å². The first-order chi connectivity index (χ1) is 12.7. The standard InChI is InChI=1S/C19H25N3O3S/c1-21(5-8-23)18(24)12-17-14-26-19(20-17)16-4-2-3-15(11-16)13-22-6-9-25-10-7-22/h2-4,11,14,23H,5-10,12-13H2,1H3. The highest BCUT2D eigenvalue weighted by Gasteiger charge is 2.14. The van der Waals surface area contributed by atoms with Gasteiger partial charge in [-0.3, -0.25) is 9.69 Å². The van der Waals surface area contributed by atoms with Crippen LogP contribution in [0.4, 0.5) is 0 Å². The Labute approximate surface area is 158 Å². The molecule has 1 N–H and O–H groups in total. The number of benzene rings is 1. The van der Waals surface area contributed by atoms with E-state index in [0.29, 0.717) is 6.54 Å². The molecule has 2 aromatic rings. The second kappa shape index (κ2) is 9.23. The lowest BCUT2D eigenvalue weighted by Crippen LogP contribution is -2.35. The van der Waals surface area contributed by atoms with Crippen LogP contribution in [0, 0.1) is 0 Å². The Balaban J connectivity index is 1.65. The number of nitrogens with zero attached hydrogens (tertiary/aromatic N) is 3. The molecule has 1 saturated heterocycles. The van der Waals surface area contributed by atoms with Gasteiger partial charge in [0.2, 0.25) is 5.91 Å². The Hall–Kier alpha value is -1.80. The monoisotopic (exact) mass is 375 g/mol. The van der Waals surface area contributed by atoms with Crippen molar-refractivity contribution in [3.8, 4) is 10.6 Å². The third kappa shape index (κ3) is 5.11. The van der Waals surface area contributed by atoms with Gasteiger partial charge in [-0.15, -0.1) is 11.3 Å². The zero-order valence-corrected chi connectivity index (χ0v) is 15.9. The van der Waals surface area contributed by atoms with E-state index in [1.807, 2.05) is 5.38 Å². The minimum absolute atomic E-state index is 0.0273. The Morgan fingerprint density at radius 2 is 2.19 bits per heavy atom. The van der Waals surface area contributed by atoms with Crippen LogP contribution in [0.5, 0.6) is 0 Å². The van der Waals surface area contributed by atoms with E-state index in [0.717, 1.165) is 49.1 Å². The molecule has 6 nitrogen and oxygen atoms in total. The van der Waals surface area contributed by atoms with E-state index in [1.54, 1.807) is 18.4 Å². The lowest BCUT2D eigenvalue weighted by atomic mass is 10.1. The van der Waals surface area contributed by atoms with Gasteiger partial charge in [-0.05, 0) is 11.6 Å². The van der Waals surface area contributed by atoms with E-state index in [1.165, 1.54) is 10.5 Å². The van der Waals surface area contributed by atoms with Crippen molar-refractivity contribution >= 4 is 17.2 Å². The Kier molecular flexibility index (Phi) is 6.73. The summed E-state index contributed by atoms with van der Waals surface area (Å²) in [5.41, 5.74) is 3.13. The molecule has 7 heteroatoms. The summed E-state index contributed by atoms with van der Waals surface area (Å²) in [6.45, 7) is 4.77. The van der Waals surface area contributed by atoms with Crippen molar-refractivity contribution in [2.24, 2.45) is 0 Å². The molecule has 0 bridgehead atoms. The number of morpholine rings is 1. The van der Waals surface area contributed by atoms with Gasteiger partial charge >= 0.3 is 0 Å². The van der Waals surface area contributed by atoms with Crippen LogP contribution in [0.2, 0.25) is 0 Å². The number of amides is 1. The Morgan fingerprint density at radius 3 is 2.96 bits per heavy atom. The SMILES string of the molecule is CN(CCO)C(=O)Cc1csc(-c2cccc(CN3CCOCC3)c2)n1. The zero-order chi connectivity index (χ0) is 18.4. The molecule has 2 heterocycles. The summed E-state index contributed by atoms with van der Waals surface area (Å²) in [6.07, 6.45) is 0.264. The predicted octanol–water partition coefficient (Wildman–Crippen LogP) is 1.64. The van der Waals surface area contributed by atoms with Gasteiger partial charge < -0.3 is 14.7 Å². The van der Waals surface area contributed by atoms with Gasteiger partial charge in [-0.1, -0.05) is 18.2 Å². The predicted molar refractivity (Wildman–Crippen MR) is 102 cm³/mol. The van der Waals surface area contributed by atoms with Crippen LogP contribution in [0.15, 0.2) is 29.6 Å². The molecule has 0 spiro atoms. The largest absolute Gasteiger partial charge is 0.395 e. The molecule has 0 aliphatic carbocycles. The second-order valence-electron chi connectivity index (χ2n) is 6.45. The molecule has 1 aliphatic heterocycles. The number of rotatable bonds is 7.